The zero-order chi connectivity index (χ0) is 38.8. The highest BCUT2D eigenvalue weighted by atomic mass is 16.7. The minimum absolute atomic E-state index is 0.203. The number of carbonyl (C=O) groups excluding carboxylic acids is 1. The molecule has 9 heteroatoms. The third kappa shape index (κ3) is 25.8. The number of rotatable bonds is 34. The Bertz CT molecular complexity index is 967. The Labute approximate surface area is 323 Å². The SMILES string of the molecule is CCCCCC/C=C/CC/C=C/CC/C=C/C(O)C(COC1OC(CO)C(O)C(O)C1O)NC(=O)CCCCCCC/C=C\CCCCCCCCC. The quantitative estimate of drug-likeness (QED) is 0.0285. The van der Waals surface area contributed by atoms with Crippen LogP contribution in [0.25, 0.3) is 0 Å². The number of ether oxygens (including phenoxy) is 2. The number of allylic oxidation sites excluding steroid dienone is 7. The minimum Gasteiger partial charge on any atom is -0.394 e. The lowest BCUT2D eigenvalue weighted by Crippen LogP contribution is -2.60. The molecule has 9 nitrogen and oxygen atoms in total. The van der Waals surface area contributed by atoms with Gasteiger partial charge in [-0.2, -0.15) is 0 Å². The fourth-order valence-corrected chi connectivity index (χ4v) is 6.36. The van der Waals surface area contributed by atoms with E-state index in [0.717, 1.165) is 70.6 Å². The van der Waals surface area contributed by atoms with Crippen molar-refractivity contribution in [1.82, 2.24) is 5.32 Å². The van der Waals surface area contributed by atoms with Gasteiger partial charge in [0.2, 0.25) is 5.91 Å². The summed E-state index contributed by atoms with van der Waals surface area (Å²) in [4.78, 5) is 12.9. The van der Waals surface area contributed by atoms with E-state index in [4.69, 9.17) is 9.47 Å². The fraction of sp³-hybridized carbons (Fsp3) is 0.795. The molecule has 53 heavy (non-hydrogen) atoms. The number of hydrogen-bond acceptors (Lipinski definition) is 8. The van der Waals surface area contributed by atoms with Gasteiger partial charge in [-0.05, 0) is 70.6 Å². The van der Waals surface area contributed by atoms with Gasteiger partial charge in [0.05, 0.1) is 25.4 Å². The van der Waals surface area contributed by atoms with Crippen molar-refractivity contribution < 1.29 is 39.8 Å². The molecule has 6 N–H and O–H groups in total. The Morgan fingerprint density at radius 3 is 1.60 bits per heavy atom. The molecule has 7 atom stereocenters. The molecule has 1 saturated heterocycles. The van der Waals surface area contributed by atoms with E-state index in [-0.39, 0.29) is 12.5 Å². The highest BCUT2D eigenvalue weighted by Crippen LogP contribution is 2.22. The van der Waals surface area contributed by atoms with Crippen LogP contribution in [-0.4, -0.2) is 87.5 Å². The van der Waals surface area contributed by atoms with Crippen LogP contribution in [0.15, 0.2) is 48.6 Å². The van der Waals surface area contributed by atoms with Crippen LogP contribution in [0.3, 0.4) is 0 Å². The molecule has 0 aromatic heterocycles. The van der Waals surface area contributed by atoms with Crippen LogP contribution in [-0.2, 0) is 14.3 Å². The second-order valence-corrected chi connectivity index (χ2v) is 14.8. The van der Waals surface area contributed by atoms with Crippen molar-refractivity contribution in [3.63, 3.8) is 0 Å². The predicted octanol–water partition coefficient (Wildman–Crippen LogP) is 8.28. The molecule has 0 saturated carbocycles. The standard InChI is InChI=1S/C44H79NO8/c1-3-5-7-9-11-13-15-17-19-20-22-24-26-28-30-32-34-40(48)45-37(36-52-44-43(51)42(50)41(49)39(35-46)53-44)38(47)33-31-29-27-25-23-21-18-16-14-12-10-8-6-4-2/h14,16,19-20,23,25,31,33,37-39,41-44,46-47,49-51H,3-13,15,17-18,21-22,24,26-30,32,34-36H2,1-2H3,(H,45,48)/b16-14+,20-19-,25-23+,33-31+. The molecular formula is C44H79NO8. The maximum absolute atomic E-state index is 12.9. The first-order chi connectivity index (χ1) is 25.8. The lowest BCUT2D eigenvalue weighted by Gasteiger charge is -2.40. The molecule has 1 heterocycles. The third-order valence-corrected chi connectivity index (χ3v) is 9.85. The van der Waals surface area contributed by atoms with Crippen LogP contribution in [0, 0.1) is 0 Å². The Morgan fingerprint density at radius 1 is 0.623 bits per heavy atom. The van der Waals surface area contributed by atoms with Gasteiger partial charge >= 0.3 is 0 Å². The summed E-state index contributed by atoms with van der Waals surface area (Å²) in [5, 5.41) is 54.0. The Balaban J connectivity index is 2.45. The van der Waals surface area contributed by atoms with Crippen molar-refractivity contribution in [3.8, 4) is 0 Å². The number of amides is 1. The number of carbonyl (C=O) groups is 1. The van der Waals surface area contributed by atoms with Gasteiger partial charge in [0.1, 0.15) is 24.4 Å². The van der Waals surface area contributed by atoms with Crippen molar-refractivity contribution in [1.29, 1.82) is 0 Å². The number of hydrogen-bond donors (Lipinski definition) is 6. The molecule has 0 radical (unpaired) electrons. The molecular weight excluding hydrogens is 670 g/mol. The molecule has 0 bridgehead atoms. The zero-order valence-electron chi connectivity index (χ0n) is 33.5. The van der Waals surface area contributed by atoms with E-state index in [1.165, 1.54) is 77.0 Å². The van der Waals surface area contributed by atoms with Crippen LogP contribution >= 0.6 is 0 Å². The minimum atomic E-state index is -1.57. The zero-order valence-corrected chi connectivity index (χ0v) is 33.5. The van der Waals surface area contributed by atoms with E-state index in [1.54, 1.807) is 6.08 Å². The lowest BCUT2D eigenvalue weighted by atomic mass is 9.99. The van der Waals surface area contributed by atoms with E-state index in [9.17, 15) is 30.3 Å². The van der Waals surface area contributed by atoms with Gasteiger partial charge < -0.3 is 40.3 Å². The first-order valence-electron chi connectivity index (χ1n) is 21.4. The van der Waals surface area contributed by atoms with Crippen LogP contribution in [0.2, 0.25) is 0 Å². The molecule has 1 fully saturated rings. The summed E-state index contributed by atoms with van der Waals surface area (Å²) in [6.45, 7) is 3.70. The maximum atomic E-state index is 12.9. The molecule has 0 aromatic rings. The van der Waals surface area contributed by atoms with E-state index in [2.05, 4.69) is 55.6 Å². The van der Waals surface area contributed by atoms with Crippen LogP contribution < -0.4 is 5.32 Å². The van der Waals surface area contributed by atoms with Crippen molar-refractivity contribution in [3.05, 3.63) is 48.6 Å². The second-order valence-electron chi connectivity index (χ2n) is 14.8. The first kappa shape index (κ1) is 49.2. The van der Waals surface area contributed by atoms with Gasteiger partial charge in [-0.1, -0.05) is 140 Å². The molecule has 0 spiro atoms. The molecule has 1 rings (SSSR count). The monoisotopic (exact) mass is 750 g/mol. The van der Waals surface area contributed by atoms with Gasteiger partial charge in [-0.3, -0.25) is 4.79 Å². The summed E-state index contributed by atoms with van der Waals surface area (Å²) in [5.74, 6) is -0.203. The lowest BCUT2D eigenvalue weighted by molar-refractivity contribution is -0.302. The second kappa shape index (κ2) is 34.6. The van der Waals surface area contributed by atoms with Gasteiger partial charge in [-0.25, -0.2) is 0 Å². The summed E-state index contributed by atoms with van der Waals surface area (Å²) < 4.78 is 11.2. The first-order valence-corrected chi connectivity index (χ1v) is 21.4. The van der Waals surface area contributed by atoms with Crippen molar-refractivity contribution >= 4 is 5.91 Å². The molecule has 7 unspecified atom stereocenters. The molecule has 308 valence electrons. The van der Waals surface area contributed by atoms with Gasteiger partial charge in [-0.15, -0.1) is 0 Å². The number of nitrogens with one attached hydrogen (secondary N) is 1. The molecule has 1 aliphatic heterocycles. The van der Waals surface area contributed by atoms with E-state index in [1.807, 2.05) is 6.08 Å². The number of aliphatic hydroxyl groups excluding tert-OH is 5. The smallest absolute Gasteiger partial charge is 0.220 e. The normalized spacial score (nSPS) is 22.1. The summed E-state index contributed by atoms with van der Waals surface area (Å²) in [5.41, 5.74) is 0. The van der Waals surface area contributed by atoms with Crippen LogP contribution in [0.5, 0.6) is 0 Å². The number of aliphatic hydroxyl groups is 5. The van der Waals surface area contributed by atoms with Gasteiger partial charge in [0.25, 0.3) is 0 Å². The Hall–Kier alpha value is -1.85. The Morgan fingerprint density at radius 2 is 1.08 bits per heavy atom. The average molecular weight is 750 g/mol. The molecule has 0 aromatic carbocycles. The van der Waals surface area contributed by atoms with E-state index < -0.39 is 49.5 Å². The highest BCUT2D eigenvalue weighted by Gasteiger charge is 2.44. The summed E-state index contributed by atoms with van der Waals surface area (Å²) in [6, 6.07) is -0.830. The predicted molar refractivity (Wildman–Crippen MR) is 216 cm³/mol. The topological polar surface area (TPSA) is 149 Å². The number of unbranched alkanes of at least 4 members (excludes halogenated alkanes) is 18. The molecule has 1 aliphatic rings. The largest absolute Gasteiger partial charge is 0.394 e. The van der Waals surface area contributed by atoms with Crippen molar-refractivity contribution in [2.24, 2.45) is 0 Å². The maximum Gasteiger partial charge on any atom is 0.220 e. The summed E-state index contributed by atoms with van der Waals surface area (Å²) in [6.07, 6.45) is 35.8. The Kier molecular flexibility index (Phi) is 32.1. The molecule has 1 amide bonds. The van der Waals surface area contributed by atoms with E-state index in [0.29, 0.717) is 6.42 Å². The fourth-order valence-electron chi connectivity index (χ4n) is 6.36. The van der Waals surface area contributed by atoms with Crippen molar-refractivity contribution in [2.75, 3.05) is 13.2 Å². The summed E-state index contributed by atoms with van der Waals surface area (Å²) in [7, 11) is 0. The van der Waals surface area contributed by atoms with Gasteiger partial charge in [0, 0.05) is 6.42 Å². The molecule has 0 aliphatic carbocycles. The van der Waals surface area contributed by atoms with Gasteiger partial charge in [0.15, 0.2) is 6.29 Å². The highest BCUT2D eigenvalue weighted by molar-refractivity contribution is 5.76. The summed E-state index contributed by atoms with van der Waals surface area (Å²) >= 11 is 0. The third-order valence-electron chi connectivity index (χ3n) is 9.85. The van der Waals surface area contributed by atoms with Crippen molar-refractivity contribution in [2.45, 2.75) is 211 Å². The van der Waals surface area contributed by atoms with E-state index >= 15 is 0 Å². The van der Waals surface area contributed by atoms with Crippen LogP contribution in [0.4, 0.5) is 0 Å². The van der Waals surface area contributed by atoms with Crippen LogP contribution in [0.1, 0.15) is 168 Å². The average Bonchev–Trinajstić information content (AvgIpc) is 3.16.